The SMILES string of the molecule is CCOC(=O)Cn1c(=O)/c(=C/c2ccccc2)s/c1=C1/C(=O)Nc2ccc(C)cc21. The molecular formula is C23H20N2O4S. The summed E-state index contributed by atoms with van der Waals surface area (Å²) in [6, 6.07) is 15.1. The Morgan fingerprint density at radius 3 is 2.67 bits per heavy atom. The smallest absolute Gasteiger partial charge is 0.326 e. The summed E-state index contributed by atoms with van der Waals surface area (Å²) in [6.07, 6.45) is 1.77. The lowest BCUT2D eigenvalue weighted by atomic mass is 10.1. The minimum Gasteiger partial charge on any atom is -0.465 e. The van der Waals surface area contributed by atoms with E-state index in [1.54, 1.807) is 13.0 Å². The summed E-state index contributed by atoms with van der Waals surface area (Å²) in [5, 5.41) is 2.85. The van der Waals surface area contributed by atoms with Crippen LogP contribution >= 0.6 is 11.3 Å². The van der Waals surface area contributed by atoms with Crippen LogP contribution in [0.25, 0.3) is 11.6 Å². The maximum Gasteiger partial charge on any atom is 0.326 e. The number of thiazole rings is 1. The highest BCUT2D eigenvalue weighted by atomic mass is 32.1. The number of hydrogen-bond donors (Lipinski definition) is 1. The first-order valence-corrected chi connectivity index (χ1v) is 10.4. The van der Waals surface area contributed by atoms with Crippen LogP contribution in [0.4, 0.5) is 5.69 Å². The minimum atomic E-state index is -0.520. The molecule has 3 aromatic rings. The lowest BCUT2D eigenvalue weighted by molar-refractivity contribution is -0.143. The van der Waals surface area contributed by atoms with Crippen molar-refractivity contribution in [2.24, 2.45) is 0 Å². The maximum atomic E-state index is 13.2. The zero-order chi connectivity index (χ0) is 21.3. The summed E-state index contributed by atoms with van der Waals surface area (Å²) in [5.41, 5.74) is 3.35. The number of fused-ring (bicyclic) bond motifs is 1. The summed E-state index contributed by atoms with van der Waals surface area (Å²) in [7, 11) is 0. The number of nitrogens with one attached hydrogen (secondary N) is 1. The van der Waals surface area contributed by atoms with E-state index in [1.807, 2.05) is 55.5 Å². The lowest BCUT2D eigenvalue weighted by Gasteiger charge is -2.04. The molecule has 0 unspecified atom stereocenters. The molecule has 152 valence electrons. The number of amides is 1. The number of carbonyl (C=O) groups excluding carboxylic acids is 2. The van der Waals surface area contributed by atoms with E-state index in [9.17, 15) is 14.4 Å². The van der Waals surface area contributed by atoms with Gasteiger partial charge in [0.1, 0.15) is 11.2 Å². The van der Waals surface area contributed by atoms with Gasteiger partial charge in [-0.05, 0) is 37.6 Å². The van der Waals surface area contributed by atoms with E-state index in [2.05, 4.69) is 5.32 Å². The summed E-state index contributed by atoms with van der Waals surface area (Å²) < 4.78 is 7.27. The summed E-state index contributed by atoms with van der Waals surface area (Å²) in [4.78, 5) is 38.2. The Balaban J connectivity index is 2.01. The summed E-state index contributed by atoms with van der Waals surface area (Å²) >= 11 is 1.20. The van der Waals surface area contributed by atoms with E-state index in [0.29, 0.717) is 20.5 Å². The molecule has 0 bridgehead atoms. The normalized spacial score (nSPS) is 15.1. The van der Waals surface area contributed by atoms with Crippen molar-refractivity contribution in [2.75, 3.05) is 11.9 Å². The first kappa shape index (κ1) is 19.8. The number of anilines is 1. The van der Waals surface area contributed by atoms with Gasteiger partial charge in [0, 0.05) is 11.3 Å². The average Bonchev–Trinajstić information content (AvgIpc) is 3.19. The largest absolute Gasteiger partial charge is 0.465 e. The van der Waals surface area contributed by atoms with Gasteiger partial charge in [-0.1, -0.05) is 42.0 Å². The van der Waals surface area contributed by atoms with Gasteiger partial charge in [0.05, 0.1) is 16.7 Å². The molecule has 0 saturated carbocycles. The van der Waals surface area contributed by atoms with Gasteiger partial charge in [-0.15, -0.1) is 11.3 Å². The van der Waals surface area contributed by atoms with Gasteiger partial charge in [-0.25, -0.2) is 0 Å². The van der Waals surface area contributed by atoms with Crippen molar-refractivity contribution in [3.8, 4) is 0 Å². The zero-order valence-electron chi connectivity index (χ0n) is 16.6. The highest BCUT2D eigenvalue weighted by Gasteiger charge is 2.27. The standard InChI is InChI=1S/C23H20N2O4S/c1-3-29-19(26)13-25-22(28)18(12-15-7-5-4-6-8-15)30-23(25)20-16-11-14(2)9-10-17(16)24-21(20)27/h4-12H,3,13H2,1-2H3,(H,24,27)/b18-12-,23-20+. The van der Waals surface area contributed by atoms with E-state index in [4.69, 9.17) is 4.74 Å². The second-order valence-corrected chi connectivity index (χ2v) is 7.93. The molecule has 0 aliphatic carbocycles. The average molecular weight is 420 g/mol. The van der Waals surface area contributed by atoms with Crippen LogP contribution in [0.1, 0.15) is 23.6 Å². The molecular weight excluding hydrogens is 400 g/mol. The molecule has 1 aromatic heterocycles. The molecule has 6 nitrogen and oxygen atoms in total. The van der Waals surface area contributed by atoms with Crippen molar-refractivity contribution in [3.05, 3.63) is 84.8 Å². The van der Waals surface area contributed by atoms with E-state index in [1.165, 1.54) is 15.9 Å². The third kappa shape index (κ3) is 3.71. The Labute approximate surface area is 176 Å². The molecule has 1 N–H and O–H groups in total. The highest BCUT2D eigenvalue weighted by molar-refractivity contribution is 7.07. The molecule has 0 saturated heterocycles. The van der Waals surface area contributed by atoms with Gasteiger partial charge < -0.3 is 10.1 Å². The number of aryl methyl sites for hydroxylation is 1. The molecule has 7 heteroatoms. The topological polar surface area (TPSA) is 77.4 Å². The summed E-state index contributed by atoms with van der Waals surface area (Å²) in [6.45, 7) is 3.62. The van der Waals surface area contributed by atoms with E-state index in [0.717, 1.165) is 16.7 Å². The Morgan fingerprint density at radius 1 is 1.17 bits per heavy atom. The molecule has 0 radical (unpaired) electrons. The predicted molar refractivity (Wildman–Crippen MR) is 117 cm³/mol. The van der Waals surface area contributed by atoms with Gasteiger partial charge in [0.25, 0.3) is 11.5 Å². The maximum absolute atomic E-state index is 13.2. The second-order valence-electron chi connectivity index (χ2n) is 6.90. The molecule has 1 aliphatic rings. The van der Waals surface area contributed by atoms with Crippen LogP contribution in [0, 0.1) is 6.92 Å². The Hall–Kier alpha value is -3.45. The minimum absolute atomic E-state index is 0.217. The van der Waals surface area contributed by atoms with Gasteiger partial charge in [-0.3, -0.25) is 19.0 Å². The fourth-order valence-corrected chi connectivity index (χ4v) is 4.54. The third-order valence-electron chi connectivity index (χ3n) is 4.73. The van der Waals surface area contributed by atoms with Crippen LogP contribution in [-0.4, -0.2) is 23.1 Å². The van der Waals surface area contributed by atoms with E-state index < -0.39 is 5.97 Å². The lowest BCUT2D eigenvalue weighted by Crippen LogP contribution is -2.36. The van der Waals surface area contributed by atoms with Crippen LogP contribution < -0.4 is 20.1 Å². The second kappa shape index (κ2) is 8.12. The number of esters is 1. The molecule has 0 fully saturated rings. The molecule has 0 spiro atoms. The van der Waals surface area contributed by atoms with E-state index in [-0.39, 0.29) is 24.6 Å². The number of carbonyl (C=O) groups is 2. The first-order chi connectivity index (χ1) is 14.5. The highest BCUT2D eigenvalue weighted by Crippen LogP contribution is 2.30. The van der Waals surface area contributed by atoms with Crippen LogP contribution in [0.3, 0.4) is 0 Å². The molecule has 1 amide bonds. The molecule has 30 heavy (non-hydrogen) atoms. The molecule has 4 rings (SSSR count). The molecule has 2 aromatic carbocycles. The fourth-order valence-electron chi connectivity index (χ4n) is 3.38. The monoisotopic (exact) mass is 420 g/mol. The Bertz CT molecular complexity index is 1320. The quantitative estimate of drug-likeness (QED) is 0.653. The Morgan fingerprint density at radius 2 is 1.93 bits per heavy atom. The van der Waals surface area contributed by atoms with Gasteiger partial charge in [0.15, 0.2) is 0 Å². The van der Waals surface area contributed by atoms with Crippen LogP contribution in [0.2, 0.25) is 0 Å². The third-order valence-corrected chi connectivity index (χ3v) is 5.86. The Kier molecular flexibility index (Phi) is 5.37. The van der Waals surface area contributed by atoms with Gasteiger partial charge >= 0.3 is 5.97 Å². The predicted octanol–water partition coefficient (Wildman–Crippen LogP) is 1.76. The van der Waals surface area contributed by atoms with Crippen LogP contribution in [0.5, 0.6) is 0 Å². The number of rotatable bonds is 4. The molecule has 2 heterocycles. The van der Waals surface area contributed by atoms with Crippen molar-refractivity contribution < 1.29 is 14.3 Å². The zero-order valence-corrected chi connectivity index (χ0v) is 17.4. The first-order valence-electron chi connectivity index (χ1n) is 9.56. The van der Waals surface area contributed by atoms with Crippen molar-refractivity contribution in [2.45, 2.75) is 20.4 Å². The van der Waals surface area contributed by atoms with Crippen LogP contribution in [0.15, 0.2) is 53.3 Å². The number of nitrogens with zero attached hydrogens (tertiary/aromatic N) is 1. The fraction of sp³-hybridized carbons (Fsp3) is 0.174. The number of ether oxygens (including phenoxy) is 1. The molecule has 0 atom stereocenters. The van der Waals surface area contributed by atoms with E-state index >= 15 is 0 Å². The van der Waals surface area contributed by atoms with Gasteiger partial charge in [-0.2, -0.15) is 0 Å². The summed E-state index contributed by atoms with van der Waals surface area (Å²) in [5.74, 6) is -0.811. The van der Waals surface area contributed by atoms with Gasteiger partial charge in [0.2, 0.25) is 0 Å². The molecule has 1 aliphatic heterocycles. The van der Waals surface area contributed by atoms with Crippen molar-refractivity contribution in [1.82, 2.24) is 4.57 Å². The number of benzene rings is 2. The number of aromatic nitrogens is 1. The van der Waals surface area contributed by atoms with Crippen molar-refractivity contribution >= 4 is 40.5 Å². The van der Waals surface area contributed by atoms with Crippen molar-refractivity contribution in [3.63, 3.8) is 0 Å². The number of hydrogen-bond acceptors (Lipinski definition) is 5. The van der Waals surface area contributed by atoms with Crippen LogP contribution in [-0.2, 0) is 20.9 Å². The van der Waals surface area contributed by atoms with Crippen molar-refractivity contribution in [1.29, 1.82) is 0 Å².